The van der Waals surface area contributed by atoms with Gasteiger partial charge in [-0.25, -0.2) is 0 Å². The molecule has 0 aromatic rings. The highest BCUT2D eigenvalue weighted by atomic mass is 16.2. The molecule has 1 amide bonds. The number of hydrogen-bond acceptors (Lipinski definition) is 2. The van der Waals surface area contributed by atoms with Crippen LogP contribution in [0.4, 0.5) is 0 Å². The van der Waals surface area contributed by atoms with E-state index in [1.54, 1.807) is 0 Å². The Morgan fingerprint density at radius 3 is 2.47 bits per heavy atom. The van der Waals surface area contributed by atoms with Crippen molar-refractivity contribution >= 4 is 5.91 Å². The second-order valence-corrected chi connectivity index (χ2v) is 4.42. The smallest absolute Gasteiger partial charge is 0.220 e. The topological polar surface area (TPSA) is 49.3 Å². The third-order valence-electron chi connectivity index (χ3n) is 2.36. The molecule has 15 heavy (non-hydrogen) atoms. The van der Waals surface area contributed by atoms with Gasteiger partial charge >= 0.3 is 0 Å². The van der Waals surface area contributed by atoms with Gasteiger partial charge < -0.3 is 10.4 Å². The number of carbonyl (C=O) groups excluding carboxylic acids is 1. The lowest BCUT2D eigenvalue weighted by molar-refractivity contribution is -0.121. The fourth-order valence-electron chi connectivity index (χ4n) is 1.33. The molecule has 90 valence electrons. The number of rotatable bonds is 9. The van der Waals surface area contributed by atoms with E-state index in [-0.39, 0.29) is 12.5 Å². The molecule has 0 unspecified atom stereocenters. The molecule has 0 aromatic carbocycles. The maximum absolute atomic E-state index is 11.3. The van der Waals surface area contributed by atoms with E-state index in [0.29, 0.717) is 12.3 Å². The zero-order chi connectivity index (χ0) is 11.5. The fraction of sp³-hybridized carbons (Fsp3) is 0.917. The molecule has 2 N–H and O–H groups in total. The summed E-state index contributed by atoms with van der Waals surface area (Å²) >= 11 is 0. The molecule has 3 nitrogen and oxygen atoms in total. The predicted molar refractivity (Wildman–Crippen MR) is 62.6 cm³/mol. The Morgan fingerprint density at radius 2 is 1.87 bits per heavy atom. The Balaban J connectivity index is 3.17. The first-order valence-electron chi connectivity index (χ1n) is 6.04. The van der Waals surface area contributed by atoms with Crippen LogP contribution in [-0.2, 0) is 4.79 Å². The molecule has 0 rings (SSSR count). The van der Waals surface area contributed by atoms with E-state index >= 15 is 0 Å². The van der Waals surface area contributed by atoms with E-state index in [0.717, 1.165) is 38.6 Å². The normalized spacial score (nSPS) is 10.7. The molecule has 3 heteroatoms. The minimum absolute atomic E-state index is 0.172. The first-order chi connectivity index (χ1) is 7.16. The Bertz CT molecular complexity index is 158. The van der Waals surface area contributed by atoms with E-state index in [1.165, 1.54) is 0 Å². The summed E-state index contributed by atoms with van der Waals surface area (Å²) in [5, 5.41) is 11.5. The first kappa shape index (κ1) is 14.4. The highest BCUT2D eigenvalue weighted by molar-refractivity contribution is 5.75. The van der Waals surface area contributed by atoms with Crippen molar-refractivity contribution in [2.45, 2.75) is 52.4 Å². The molecule has 0 aliphatic rings. The lowest BCUT2D eigenvalue weighted by Crippen LogP contribution is -2.24. The molecule has 0 spiro atoms. The van der Waals surface area contributed by atoms with Gasteiger partial charge in [0.05, 0.1) is 0 Å². The summed E-state index contributed by atoms with van der Waals surface area (Å²) in [6, 6.07) is 0. The summed E-state index contributed by atoms with van der Waals surface area (Å²) in [6.45, 7) is 5.31. The van der Waals surface area contributed by atoms with Gasteiger partial charge in [0, 0.05) is 19.6 Å². The number of aliphatic hydroxyl groups is 1. The largest absolute Gasteiger partial charge is 0.396 e. The van der Waals surface area contributed by atoms with Crippen LogP contribution in [0, 0.1) is 5.92 Å². The molecule has 0 aromatic heterocycles. The van der Waals surface area contributed by atoms with Gasteiger partial charge in [0.2, 0.25) is 5.91 Å². The van der Waals surface area contributed by atoms with Crippen molar-refractivity contribution in [2.75, 3.05) is 13.2 Å². The second kappa shape index (κ2) is 9.97. The zero-order valence-corrected chi connectivity index (χ0v) is 10.1. The van der Waals surface area contributed by atoms with Gasteiger partial charge in [-0.15, -0.1) is 0 Å². The van der Waals surface area contributed by atoms with Crippen molar-refractivity contribution in [3.05, 3.63) is 0 Å². The number of nitrogens with one attached hydrogen (secondary N) is 1. The van der Waals surface area contributed by atoms with E-state index < -0.39 is 0 Å². The molecule has 0 saturated carbocycles. The highest BCUT2D eigenvalue weighted by Crippen LogP contribution is 2.03. The standard InChI is InChI=1S/C12H25NO2/c1-11(2)7-8-12(15)13-9-5-3-4-6-10-14/h11,14H,3-10H2,1-2H3,(H,13,15). The summed E-state index contributed by atoms with van der Waals surface area (Å²) in [6.07, 6.45) is 5.66. The minimum Gasteiger partial charge on any atom is -0.396 e. The second-order valence-electron chi connectivity index (χ2n) is 4.42. The van der Waals surface area contributed by atoms with Crippen LogP contribution < -0.4 is 5.32 Å². The fourth-order valence-corrected chi connectivity index (χ4v) is 1.33. The van der Waals surface area contributed by atoms with Crippen molar-refractivity contribution in [2.24, 2.45) is 5.92 Å². The number of aliphatic hydroxyl groups excluding tert-OH is 1. The van der Waals surface area contributed by atoms with Gasteiger partial charge in [-0.2, -0.15) is 0 Å². The van der Waals surface area contributed by atoms with Gasteiger partial charge in [-0.1, -0.05) is 26.7 Å². The Morgan fingerprint density at radius 1 is 1.20 bits per heavy atom. The summed E-state index contributed by atoms with van der Waals surface area (Å²) < 4.78 is 0. The molecule has 0 heterocycles. The van der Waals surface area contributed by atoms with Gasteiger partial charge in [-0.3, -0.25) is 4.79 Å². The Labute approximate surface area is 93.3 Å². The molecule has 0 aliphatic heterocycles. The van der Waals surface area contributed by atoms with Crippen molar-refractivity contribution in [1.82, 2.24) is 5.32 Å². The number of hydrogen-bond donors (Lipinski definition) is 2. The zero-order valence-electron chi connectivity index (χ0n) is 10.1. The van der Waals surface area contributed by atoms with Crippen molar-refractivity contribution in [3.8, 4) is 0 Å². The van der Waals surface area contributed by atoms with Crippen LogP contribution in [0.15, 0.2) is 0 Å². The third kappa shape index (κ3) is 11.4. The SMILES string of the molecule is CC(C)CCC(=O)NCCCCCCO. The van der Waals surface area contributed by atoms with Gasteiger partial charge in [0.1, 0.15) is 0 Å². The van der Waals surface area contributed by atoms with Crippen LogP contribution in [-0.4, -0.2) is 24.2 Å². The van der Waals surface area contributed by atoms with Crippen LogP contribution in [0.3, 0.4) is 0 Å². The molecular weight excluding hydrogens is 190 g/mol. The lowest BCUT2D eigenvalue weighted by atomic mass is 10.1. The Kier molecular flexibility index (Phi) is 9.59. The quantitative estimate of drug-likeness (QED) is 0.579. The van der Waals surface area contributed by atoms with Crippen LogP contribution in [0.5, 0.6) is 0 Å². The van der Waals surface area contributed by atoms with Crippen LogP contribution in [0.1, 0.15) is 52.4 Å². The summed E-state index contributed by atoms with van der Waals surface area (Å²) in [7, 11) is 0. The predicted octanol–water partition coefficient (Wildman–Crippen LogP) is 2.09. The van der Waals surface area contributed by atoms with E-state index in [1.807, 2.05) is 0 Å². The molecular formula is C12H25NO2. The van der Waals surface area contributed by atoms with Crippen molar-refractivity contribution < 1.29 is 9.90 Å². The minimum atomic E-state index is 0.172. The molecule has 0 bridgehead atoms. The van der Waals surface area contributed by atoms with Gasteiger partial charge in [0.15, 0.2) is 0 Å². The molecule has 0 radical (unpaired) electrons. The first-order valence-corrected chi connectivity index (χ1v) is 6.04. The number of unbranched alkanes of at least 4 members (excludes halogenated alkanes) is 3. The number of amides is 1. The van der Waals surface area contributed by atoms with Gasteiger partial charge in [-0.05, 0) is 25.2 Å². The molecule has 0 fully saturated rings. The summed E-state index contributed by atoms with van der Waals surface area (Å²) in [5.41, 5.74) is 0. The van der Waals surface area contributed by atoms with E-state index in [4.69, 9.17) is 5.11 Å². The van der Waals surface area contributed by atoms with Crippen molar-refractivity contribution in [3.63, 3.8) is 0 Å². The van der Waals surface area contributed by atoms with Crippen molar-refractivity contribution in [1.29, 1.82) is 0 Å². The summed E-state index contributed by atoms with van der Waals surface area (Å²) in [5.74, 6) is 0.770. The average Bonchev–Trinajstić information content (AvgIpc) is 2.20. The van der Waals surface area contributed by atoms with Gasteiger partial charge in [0.25, 0.3) is 0 Å². The lowest BCUT2D eigenvalue weighted by Gasteiger charge is -2.06. The van der Waals surface area contributed by atoms with Crippen LogP contribution >= 0.6 is 0 Å². The van der Waals surface area contributed by atoms with E-state index in [9.17, 15) is 4.79 Å². The molecule has 0 saturated heterocycles. The molecule has 0 aliphatic carbocycles. The van der Waals surface area contributed by atoms with Crippen LogP contribution in [0.2, 0.25) is 0 Å². The van der Waals surface area contributed by atoms with Crippen LogP contribution in [0.25, 0.3) is 0 Å². The molecule has 0 atom stereocenters. The van der Waals surface area contributed by atoms with E-state index in [2.05, 4.69) is 19.2 Å². The average molecular weight is 215 g/mol. The third-order valence-corrected chi connectivity index (χ3v) is 2.36. The monoisotopic (exact) mass is 215 g/mol. The highest BCUT2D eigenvalue weighted by Gasteiger charge is 2.01. The Hall–Kier alpha value is -0.570. The maximum Gasteiger partial charge on any atom is 0.220 e. The summed E-state index contributed by atoms with van der Waals surface area (Å²) in [4.78, 5) is 11.3. The number of carbonyl (C=O) groups is 1. The maximum atomic E-state index is 11.3.